The molecule has 2 fully saturated rings. The van der Waals surface area contributed by atoms with Crippen molar-refractivity contribution in [2.45, 2.75) is 44.2 Å². The molecule has 0 unspecified atom stereocenters. The molecule has 1 aliphatic heterocycles. The van der Waals surface area contributed by atoms with Crippen LogP contribution < -0.4 is 4.74 Å². The lowest BCUT2D eigenvalue weighted by molar-refractivity contribution is -0.152. The molecule has 1 aliphatic carbocycles. The van der Waals surface area contributed by atoms with Crippen LogP contribution in [0.3, 0.4) is 0 Å². The summed E-state index contributed by atoms with van der Waals surface area (Å²) >= 11 is 0. The molecule has 204 valence electrons. The molecule has 9 heteroatoms. The SMILES string of the molecule is Cc1nc(C2CC2)ncc1C(=O)N1CCO[C@](COc2ccc(F)cc2)(CC(=O)N(C)Cc2ccccc2)C1. The van der Waals surface area contributed by atoms with Crippen LogP contribution in [0.4, 0.5) is 4.39 Å². The van der Waals surface area contributed by atoms with E-state index in [0.717, 1.165) is 24.2 Å². The van der Waals surface area contributed by atoms with Crippen molar-refractivity contribution < 1.29 is 23.5 Å². The van der Waals surface area contributed by atoms with E-state index in [2.05, 4.69) is 9.97 Å². The van der Waals surface area contributed by atoms with Crippen LogP contribution in [-0.2, 0) is 16.1 Å². The number of carbonyl (C=O) groups excluding carboxylic acids is 2. The minimum absolute atomic E-state index is 0.0113. The molecule has 0 bridgehead atoms. The molecule has 5 rings (SSSR count). The number of aryl methyl sites for hydroxylation is 1. The Morgan fingerprint density at radius 3 is 2.59 bits per heavy atom. The zero-order valence-corrected chi connectivity index (χ0v) is 22.3. The molecule has 2 heterocycles. The van der Waals surface area contributed by atoms with Gasteiger partial charge in [0.05, 0.1) is 30.8 Å². The fraction of sp³-hybridized carbons (Fsp3) is 0.400. The molecule has 2 aliphatic rings. The normalized spacial score (nSPS) is 19.0. The van der Waals surface area contributed by atoms with E-state index in [0.29, 0.717) is 36.0 Å². The highest BCUT2D eigenvalue weighted by molar-refractivity contribution is 5.95. The molecule has 0 N–H and O–H groups in total. The molecule has 1 saturated heterocycles. The third-order valence-corrected chi connectivity index (χ3v) is 7.18. The van der Waals surface area contributed by atoms with Crippen molar-refractivity contribution in [3.05, 3.63) is 89.3 Å². The van der Waals surface area contributed by atoms with Crippen molar-refractivity contribution >= 4 is 11.8 Å². The molecular weight excluding hydrogens is 499 g/mol. The number of hydrogen-bond donors (Lipinski definition) is 0. The van der Waals surface area contributed by atoms with Crippen LogP contribution in [-0.4, -0.2) is 70.5 Å². The van der Waals surface area contributed by atoms with Crippen molar-refractivity contribution in [3.8, 4) is 5.75 Å². The summed E-state index contributed by atoms with van der Waals surface area (Å²) in [6.07, 6.45) is 3.79. The van der Waals surface area contributed by atoms with Gasteiger partial charge in [0.2, 0.25) is 5.91 Å². The maximum atomic E-state index is 13.6. The van der Waals surface area contributed by atoms with Gasteiger partial charge in [0.15, 0.2) is 0 Å². The highest BCUT2D eigenvalue weighted by Crippen LogP contribution is 2.38. The van der Waals surface area contributed by atoms with E-state index in [1.54, 1.807) is 23.0 Å². The van der Waals surface area contributed by atoms with Gasteiger partial charge in [-0.2, -0.15) is 0 Å². The Morgan fingerprint density at radius 1 is 1.15 bits per heavy atom. The second-order valence-electron chi connectivity index (χ2n) is 10.4. The van der Waals surface area contributed by atoms with Gasteiger partial charge in [-0.05, 0) is 49.6 Å². The number of rotatable bonds is 9. The van der Waals surface area contributed by atoms with Gasteiger partial charge in [0.25, 0.3) is 5.91 Å². The first-order valence-electron chi connectivity index (χ1n) is 13.2. The summed E-state index contributed by atoms with van der Waals surface area (Å²) < 4.78 is 25.6. The van der Waals surface area contributed by atoms with Gasteiger partial charge in [-0.3, -0.25) is 9.59 Å². The third kappa shape index (κ3) is 6.60. The lowest BCUT2D eigenvalue weighted by Gasteiger charge is -2.42. The van der Waals surface area contributed by atoms with Gasteiger partial charge in [-0.1, -0.05) is 30.3 Å². The number of ether oxygens (including phenoxy) is 2. The standard InChI is InChI=1S/C30H33FN4O4/c1-21-26(17-32-28(33-21)23-8-9-23)29(37)35-14-15-39-30(19-35,20-38-25-12-10-24(31)11-13-25)16-27(36)34(2)18-22-6-4-3-5-7-22/h3-7,10-13,17,23H,8-9,14-16,18-20H2,1-2H3/t30-/m1/s1. The number of nitrogens with zero attached hydrogens (tertiary/aromatic N) is 4. The predicted octanol–water partition coefficient (Wildman–Crippen LogP) is 4.14. The second kappa shape index (κ2) is 11.5. The molecule has 8 nitrogen and oxygen atoms in total. The predicted molar refractivity (Wildman–Crippen MR) is 143 cm³/mol. The van der Waals surface area contributed by atoms with E-state index in [1.165, 1.54) is 24.3 Å². The summed E-state index contributed by atoms with van der Waals surface area (Å²) in [5.41, 5.74) is 1.02. The van der Waals surface area contributed by atoms with E-state index >= 15 is 0 Å². The van der Waals surface area contributed by atoms with E-state index in [1.807, 2.05) is 37.3 Å². The summed E-state index contributed by atoms with van der Waals surface area (Å²) in [7, 11) is 1.75. The highest BCUT2D eigenvalue weighted by atomic mass is 19.1. The van der Waals surface area contributed by atoms with E-state index in [4.69, 9.17) is 9.47 Å². The van der Waals surface area contributed by atoms with Gasteiger partial charge in [-0.25, -0.2) is 14.4 Å². The first-order valence-corrected chi connectivity index (χ1v) is 13.2. The number of amides is 2. The summed E-state index contributed by atoms with van der Waals surface area (Å²) in [6, 6.07) is 15.4. The number of hydrogen-bond acceptors (Lipinski definition) is 6. The Labute approximate surface area is 227 Å². The average Bonchev–Trinajstić information content (AvgIpc) is 3.79. The zero-order chi connectivity index (χ0) is 27.4. The van der Waals surface area contributed by atoms with E-state index in [-0.39, 0.29) is 43.8 Å². The Morgan fingerprint density at radius 2 is 1.90 bits per heavy atom. The van der Waals surface area contributed by atoms with Gasteiger partial charge in [-0.15, -0.1) is 0 Å². The molecule has 2 amide bonds. The van der Waals surface area contributed by atoms with Gasteiger partial charge in [0, 0.05) is 32.3 Å². The van der Waals surface area contributed by atoms with Crippen molar-refractivity contribution in [1.29, 1.82) is 0 Å². The van der Waals surface area contributed by atoms with Crippen molar-refractivity contribution in [1.82, 2.24) is 19.8 Å². The van der Waals surface area contributed by atoms with Crippen LogP contribution in [0.1, 0.15) is 52.6 Å². The first-order chi connectivity index (χ1) is 18.8. The number of morpholine rings is 1. The van der Waals surface area contributed by atoms with Crippen LogP contribution in [0.5, 0.6) is 5.75 Å². The molecule has 1 aromatic heterocycles. The summed E-state index contributed by atoms with van der Waals surface area (Å²) in [6.45, 7) is 3.06. The number of benzene rings is 2. The summed E-state index contributed by atoms with van der Waals surface area (Å²) in [4.78, 5) is 39.3. The van der Waals surface area contributed by atoms with Crippen molar-refractivity contribution in [3.63, 3.8) is 0 Å². The largest absolute Gasteiger partial charge is 0.490 e. The molecule has 3 aromatic rings. The molecule has 0 radical (unpaired) electrons. The molecule has 1 saturated carbocycles. The second-order valence-corrected chi connectivity index (χ2v) is 10.4. The number of halogens is 1. The van der Waals surface area contributed by atoms with E-state index < -0.39 is 5.60 Å². The minimum atomic E-state index is -1.09. The maximum Gasteiger partial charge on any atom is 0.257 e. The summed E-state index contributed by atoms with van der Waals surface area (Å²) in [5.74, 6) is 0.934. The number of aromatic nitrogens is 2. The lowest BCUT2D eigenvalue weighted by Crippen LogP contribution is -2.58. The molecule has 39 heavy (non-hydrogen) atoms. The van der Waals surface area contributed by atoms with Crippen LogP contribution >= 0.6 is 0 Å². The third-order valence-electron chi connectivity index (χ3n) is 7.18. The lowest BCUT2D eigenvalue weighted by atomic mass is 9.96. The fourth-order valence-corrected chi connectivity index (χ4v) is 4.77. The fourth-order valence-electron chi connectivity index (χ4n) is 4.77. The average molecular weight is 533 g/mol. The van der Waals surface area contributed by atoms with Crippen LogP contribution in [0.15, 0.2) is 60.8 Å². The van der Waals surface area contributed by atoms with Gasteiger partial charge >= 0.3 is 0 Å². The molecular formula is C30H33FN4O4. The molecule has 0 spiro atoms. The Hall–Kier alpha value is -3.85. The minimum Gasteiger partial charge on any atom is -0.490 e. The Bertz CT molecular complexity index is 1320. The summed E-state index contributed by atoms with van der Waals surface area (Å²) in [5, 5.41) is 0. The highest BCUT2D eigenvalue weighted by Gasteiger charge is 2.42. The molecule has 2 aromatic carbocycles. The zero-order valence-electron chi connectivity index (χ0n) is 22.3. The monoisotopic (exact) mass is 532 g/mol. The maximum absolute atomic E-state index is 13.6. The van der Waals surface area contributed by atoms with E-state index in [9.17, 15) is 14.0 Å². The smallest absolute Gasteiger partial charge is 0.257 e. The van der Waals surface area contributed by atoms with Crippen LogP contribution in [0.2, 0.25) is 0 Å². The first kappa shape index (κ1) is 26.7. The van der Waals surface area contributed by atoms with Crippen molar-refractivity contribution in [2.24, 2.45) is 0 Å². The Kier molecular flexibility index (Phi) is 7.88. The van der Waals surface area contributed by atoms with Gasteiger partial charge < -0.3 is 19.3 Å². The van der Waals surface area contributed by atoms with Gasteiger partial charge in [0.1, 0.15) is 29.6 Å². The Balaban J connectivity index is 1.34. The van der Waals surface area contributed by atoms with Crippen LogP contribution in [0.25, 0.3) is 0 Å². The van der Waals surface area contributed by atoms with Crippen molar-refractivity contribution in [2.75, 3.05) is 33.4 Å². The van der Waals surface area contributed by atoms with Crippen LogP contribution in [0, 0.1) is 12.7 Å². The molecule has 1 atom stereocenters. The number of carbonyl (C=O) groups is 2. The quantitative estimate of drug-likeness (QED) is 0.412. The topological polar surface area (TPSA) is 84.9 Å².